The lowest BCUT2D eigenvalue weighted by molar-refractivity contribution is -0.385. The molecule has 0 bridgehead atoms. The van der Waals surface area contributed by atoms with Crippen molar-refractivity contribution >= 4 is 33.2 Å². The Morgan fingerprint density at radius 1 is 1.53 bits per heavy atom. The number of nitro groups is 1. The zero-order valence-corrected chi connectivity index (χ0v) is 12.4. The molecule has 0 spiro atoms. The quantitative estimate of drug-likeness (QED) is 0.620. The van der Waals surface area contributed by atoms with Crippen molar-refractivity contribution < 1.29 is 9.72 Å². The van der Waals surface area contributed by atoms with Gasteiger partial charge in [-0.25, -0.2) is 0 Å². The van der Waals surface area contributed by atoms with Crippen LogP contribution in [0.15, 0.2) is 22.7 Å². The highest BCUT2D eigenvalue weighted by atomic mass is 79.9. The molecule has 0 heterocycles. The number of nitrogens with one attached hydrogen (secondary N) is 2. The highest BCUT2D eigenvalue weighted by Crippen LogP contribution is 2.27. The maximum absolute atomic E-state index is 11.6. The molecule has 1 atom stereocenters. The molecule has 0 aliphatic heterocycles. The average molecular weight is 330 g/mol. The summed E-state index contributed by atoms with van der Waals surface area (Å²) < 4.78 is 0.383. The molecule has 0 aliphatic rings. The van der Waals surface area contributed by atoms with Gasteiger partial charge < -0.3 is 10.6 Å². The molecule has 2 N–H and O–H groups in total. The summed E-state index contributed by atoms with van der Waals surface area (Å²) in [6, 6.07) is 4.73. The van der Waals surface area contributed by atoms with Gasteiger partial charge in [0.25, 0.3) is 5.69 Å². The fourth-order valence-electron chi connectivity index (χ4n) is 1.35. The lowest BCUT2D eigenvalue weighted by atomic mass is 10.2. The molecule has 1 amide bonds. The fraction of sp³-hybridized carbons (Fsp3) is 0.417. The van der Waals surface area contributed by atoms with Gasteiger partial charge in [0.2, 0.25) is 5.91 Å². The first-order chi connectivity index (χ1) is 8.93. The van der Waals surface area contributed by atoms with Crippen LogP contribution in [-0.4, -0.2) is 23.4 Å². The van der Waals surface area contributed by atoms with Crippen molar-refractivity contribution in [3.8, 4) is 0 Å². The van der Waals surface area contributed by atoms with E-state index in [9.17, 15) is 14.9 Å². The number of nitro benzene ring substituents is 1. The molecule has 1 unspecified atom stereocenters. The first kappa shape index (κ1) is 15.6. The molecular formula is C12H16BrN3O3. The van der Waals surface area contributed by atoms with E-state index in [0.29, 0.717) is 10.2 Å². The van der Waals surface area contributed by atoms with Gasteiger partial charge in [0, 0.05) is 17.8 Å². The van der Waals surface area contributed by atoms with Gasteiger partial charge in [-0.05, 0) is 41.4 Å². The van der Waals surface area contributed by atoms with Crippen LogP contribution in [0.2, 0.25) is 0 Å². The van der Waals surface area contributed by atoms with E-state index in [0.717, 1.165) is 6.42 Å². The summed E-state index contributed by atoms with van der Waals surface area (Å²) in [6.07, 6.45) is 0.928. The predicted octanol–water partition coefficient (Wildman–Crippen LogP) is 2.68. The number of rotatable bonds is 6. The number of halogens is 1. The minimum absolute atomic E-state index is 0.0762. The van der Waals surface area contributed by atoms with Crippen LogP contribution in [0.5, 0.6) is 0 Å². The van der Waals surface area contributed by atoms with Gasteiger partial charge >= 0.3 is 0 Å². The Bertz CT molecular complexity index is 479. The van der Waals surface area contributed by atoms with Gasteiger partial charge in [0.15, 0.2) is 0 Å². The summed E-state index contributed by atoms with van der Waals surface area (Å²) >= 11 is 3.09. The molecule has 1 aromatic carbocycles. The van der Waals surface area contributed by atoms with Crippen LogP contribution in [0, 0.1) is 10.1 Å². The Labute approximate surface area is 119 Å². The Balaban J connectivity index is 2.64. The number of benzene rings is 1. The van der Waals surface area contributed by atoms with Gasteiger partial charge in [0.05, 0.1) is 15.9 Å². The van der Waals surface area contributed by atoms with Crippen molar-refractivity contribution in [2.24, 2.45) is 0 Å². The SMILES string of the molecule is CCC(C)NCC(=O)Nc1ccc(Br)c([N+](=O)[O-])c1. The van der Waals surface area contributed by atoms with E-state index in [2.05, 4.69) is 26.6 Å². The molecule has 0 fully saturated rings. The minimum atomic E-state index is -0.503. The molecule has 0 radical (unpaired) electrons. The summed E-state index contributed by atoms with van der Waals surface area (Å²) in [5, 5.41) is 16.4. The Kier molecular flexibility index (Phi) is 5.91. The number of carbonyl (C=O) groups excluding carboxylic acids is 1. The van der Waals surface area contributed by atoms with Crippen LogP contribution in [0.4, 0.5) is 11.4 Å². The van der Waals surface area contributed by atoms with E-state index in [1.165, 1.54) is 12.1 Å². The van der Waals surface area contributed by atoms with E-state index < -0.39 is 4.92 Å². The van der Waals surface area contributed by atoms with Crippen LogP contribution in [0.3, 0.4) is 0 Å². The van der Waals surface area contributed by atoms with E-state index in [1.54, 1.807) is 6.07 Å². The third-order valence-corrected chi connectivity index (χ3v) is 3.32. The number of hydrogen-bond acceptors (Lipinski definition) is 4. The molecule has 1 rings (SSSR count). The maximum atomic E-state index is 11.6. The van der Waals surface area contributed by atoms with Gasteiger partial charge in [-0.1, -0.05) is 6.92 Å². The minimum Gasteiger partial charge on any atom is -0.325 e. The number of hydrogen-bond donors (Lipinski definition) is 2. The van der Waals surface area contributed by atoms with Crippen molar-refractivity contribution in [2.75, 3.05) is 11.9 Å². The average Bonchev–Trinajstić information content (AvgIpc) is 2.37. The van der Waals surface area contributed by atoms with Gasteiger partial charge in [-0.15, -0.1) is 0 Å². The van der Waals surface area contributed by atoms with Crippen molar-refractivity contribution in [1.29, 1.82) is 0 Å². The van der Waals surface area contributed by atoms with E-state index in [1.807, 2.05) is 13.8 Å². The van der Waals surface area contributed by atoms with Gasteiger partial charge in [0.1, 0.15) is 0 Å². The monoisotopic (exact) mass is 329 g/mol. The molecule has 19 heavy (non-hydrogen) atoms. The van der Waals surface area contributed by atoms with Crippen LogP contribution >= 0.6 is 15.9 Å². The van der Waals surface area contributed by atoms with Gasteiger partial charge in [-0.2, -0.15) is 0 Å². The highest BCUT2D eigenvalue weighted by Gasteiger charge is 2.13. The smallest absolute Gasteiger partial charge is 0.285 e. The molecule has 0 aliphatic carbocycles. The maximum Gasteiger partial charge on any atom is 0.285 e. The van der Waals surface area contributed by atoms with Gasteiger partial charge in [-0.3, -0.25) is 14.9 Å². The molecule has 0 aromatic heterocycles. The third-order valence-electron chi connectivity index (χ3n) is 2.65. The fourth-order valence-corrected chi connectivity index (χ4v) is 1.74. The number of carbonyl (C=O) groups is 1. The zero-order chi connectivity index (χ0) is 14.4. The first-order valence-corrected chi connectivity index (χ1v) is 6.70. The van der Waals surface area contributed by atoms with Crippen molar-refractivity contribution in [3.05, 3.63) is 32.8 Å². The molecule has 1 aromatic rings. The first-order valence-electron chi connectivity index (χ1n) is 5.91. The molecular weight excluding hydrogens is 314 g/mol. The second-order valence-electron chi connectivity index (χ2n) is 4.16. The van der Waals surface area contributed by atoms with E-state index >= 15 is 0 Å². The van der Waals surface area contributed by atoms with Crippen LogP contribution < -0.4 is 10.6 Å². The number of amides is 1. The normalized spacial score (nSPS) is 11.9. The van der Waals surface area contributed by atoms with E-state index in [4.69, 9.17) is 0 Å². The second kappa shape index (κ2) is 7.20. The third kappa shape index (κ3) is 4.96. The predicted molar refractivity (Wildman–Crippen MR) is 77.2 cm³/mol. The summed E-state index contributed by atoms with van der Waals surface area (Å²) in [5.74, 6) is -0.225. The van der Waals surface area contributed by atoms with Crippen molar-refractivity contribution in [2.45, 2.75) is 26.3 Å². The molecule has 104 valence electrons. The largest absolute Gasteiger partial charge is 0.325 e. The lowest BCUT2D eigenvalue weighted by Crippen LogP contribution is -2.33. The van der Waals surface area contributed by atoms with Crippen molar-refractivity contribution in [3.63, 3.8) is 0 Å². The Hall–Kier alpha value is -1.47. The molecule has 6 nitrogen and oxygen atoms in total. The Morgan fingerprint density at radius 3 is 2.79 bits per heavy atom. The summed E-state index contributed by atoms with van der Waals surface area (Å²) in [6.45, 7) is 4.18. The lowest BCUT2D eigenvalue weighted by Gasteiger charge is -2.11. The standard InChI is InChI=1S/C12H16BrN3O3/c1-3-8(2)14-7-12(17)15-9-4-5-10(13)11(6-9)16(18)19/h4-6,8,14H,3,7H2,1-2H3,(H,15,17). The molecule has 0 saturated carbocycles. The topological polar surface area (TPSA) is 84.3 Å². The number of anilines is 1. The highest BCUT2D eigenvalue weighted by molar-refractivity contribution is 9.10. The number of nitrogens with zero attached hydrogens (tertiary/aromatic N) is 1. The molecule has 0 saturated heterocycles. The zero-order valence-electron chi connectivity index (χ0n) is 10.8. The van der Waals surface area contributed by atoms with Crippen molar-refractivity contribution in [1.82, 2.24) is 5.32 Å². The summed E-state index contributed by atoms with van der Waals surface area (Å²) in [5.41, 5.74) is 0.332. The molecule has 7 heteroatoms. The van der Waals surface area contributed by atoms with Crippen LogP contribution in [-0.2, 0) is 4.79 Å². The second-order valence-corrected chi connectivity index (χ2v) is 5.02. The van der Waals surface area contributed by atoms with E-state index in [-0.39, 0.29) is 24.2 Å². The summed E-state index contributed by atoms with van der Waals surface area (Å²) in [4.78, 5) is 21.9. The summed E-state index contributed by atoms with van der Waals surface area (Å²) in [7, 11) is 0. The van der Waals surface area contributed by atoms with Crippen LogP contribution in [0.25, 0.3) is 0 Å². The Morgan fingerprint density at radius 2 is 2.21 bits per heavy atom. The van der Waals surface area contributed by atoms with Crippen LogP contribution in [0.1, 0.15) is 20.3 Å².